The largest absolute Gasteiger partial charge is 0.496 e. The number of likely N-dealkylation sites (N-methyl/N-ethyl adjacent to an activating group) is 1. The molecule has 112 valence electrons. The SMILES string of the molecule is CCNC(Cc1ccccc1OC)c1cc(Cl)ccc1Cl. The van der Waals surface area contributed by atoms with Gasteiger partial charge in [-0.1, -0.05) is 48.3 Å². The van der Waals surface area contributed by atoms with E-state index < -0.39 is 0 Å². The second-order valence-electron chi connectivity index (χ2n) is 4.79. The molecule has 1 N–H and O–H groups in total. The minimum absolute atomic E-state index is 0.0949. The first kappa shape index (κ1) is 16.2. The van der Waals surface area contributed by atoms with E-state index in [0.717, 1.165) is 34.9 Å². The Balaban J connectivity index is 2.33. The lowest BCUT2D eigenvalue weighted by molar-refractivity contribution is 0.405. The van der Waals surface area contributed by atoms with Gasteiger partial charge in [-0.15, -0.1) is 0 Å². The maximum absolute atomic E-state index is 6.34. The fraction of sp³-hybridized carbons (Fsp3) is 0.294. The number of nitrogens with one attached hydrogen (secondary N) is 1. The zero-order valence-corrected chi connectivity index (χ0v) is 13.7. The van der Waals surface area contributed by atoms with Crippen LogP contribution in [0.5, 0.6) is 5.75 Å². The van der Waals surface area contributed by atoms with E-state index >= 15 is 0 Å². The minimum Gasteiger partial charge on any atom is -0.496 e. The lowest BCUT2D eigenvalue weighted by atomic mass is 9.98. The molecule has 0 spiro atoms. The summed E-state index contributed by atoms with van der Waals surface area (Å²) in [5.74, 6) is 0.888. The van der Waals surface area contributed by atoms with Crippen molar-refractivity contribution < 1.29 is 4.74 Å². The molecule has 0 bridgehead atoms. The van der Waals surface area contributed by atoms with Gasteiger partial charge < -0.3 is 10.1 Å². The first-order chi connectivity index (χ1) is 10.2. The lowest BCUT2D eigenvalue weighted by Crippen LogP contribution is -2.23. The minimum atomic E-state index is 0.0949. The van der Waals surface area contributed by atoms with Crippen LogP contribution < -0.4 is 10.1 Å². The highest BCUT2D eigenvalue weighted by Gasteiger charge is 2.17. The fourth-order valence-electron chi connectivity index (χ4n) is 2.41. The Bertz CT molecular complexity index is 601. The van der Waals surface area contributed by atoms with Crippen LogP contribution in [0.4, 0.5) is 0 Å². The highest BCUT2D eigenvalue weighted by Crippen LogP contribution is 2.30. The van der Waals surface area contributed by atoms with Gasteiger partial charge in [0, 0.05) is 16.1 Å². The molecule has 1 atom stereocenters. The van der Waals surface area contributed by atoms with E-state index in [1.54, 1.807) is 13.2 Å². The number of benzene rings is 2. The van der Waals surface area contributed by atoms with E-state index in [9.17, 15) is 0 Å². The van der Waals surface area contributed by atoms with Gasteiger partial charge in [0.1, 0.15) is 5.75 Å². The second-order valence-corrected chi connectivity index (χ2v) is 5.64. The summed E-state index contributed by atoms with van der Waals surface area (Å²) in [6, 6.07) is 13.7. The summed E-state index contributed by atoms with van der Waals surface area (Å²) in [6.07, 6.45) is 0.790. The molecular formula is C17H19Cl2NO. The Labute approximate surface area is 136 Å². The van der Waals surface area contributed by atoms with Crippen LogP contribution in [0.15, 0.2) is 42.5 Å². The molecule has 0 aliphatic carbocycles. The molecule has 1 unspecified atom stereocenters. The molecule has 0 radical (unpaired) electrons. The van der Waals surface area contributed by atoms with Gasteiger partial charge in [0.25, 0.3) is 0 Å². The van der Waals surface area contributed by atoms with Crippen LogP contribution in [0.25, 0.3) is 0 Å². The molecule has 2 nitrogen and oxygen atoms in total. The first-order valence-electron chi connectivity index (χ1n) is 6.96. The van der Waals surface area contributed by atoms with Crippen LogP contribution in [0.2, 0.25) is 10.0 Å². The zero-order valence-electron chi connectivity index (χ0n) is 12.2. The van der Waals surface area contributed by atoms with Crippen LogP contribution in [0.1, 0.15) is 24.1 Å². The number of halogens is 2. The maximum Gasteiger partial charge on any atom is 0.122 e. The molecule has 2 aromatic rings. The molecule has 0 saturated heterocycles. The maximum atomic E-state index is 6.34. The summed E-state index contributed by atoms with van der Waals surface area (Å²) >= 11 is 12.4. The van der Waals surface area contributed by atoms with E-state index in [-0.39, 0.29) is 6.04 Å². The second kappa shape index (κ2) is 7.69. The van der Waals surface area contributed by atoms with E-state index in [1.807, 2.05) is 30.3 Å². The highest BCUT2D eigenvalue weighted by atomic mass is 35.5. The summed E-state index contributed by atoms with van der Waals surface area (Å²) in [7, 11) is 1.69. The highest BCUT2D eigenvalue weighted by molar-refractivity contribution is 6.33. The van der Waals surface area contributed by atoms with Gasteiger partial charge in [-0.3, -0.25) is 0 Å². The predicted molar refractivity (Wildman–Crippen MR) is 89.6 cm³/mol. The Kier molecular flexibility index (Phi) is 5.92. The molecular weight excluding hydrogens is 305 g/mol. The molecule has 0 saturated carbocycles. The molecule has 0 fully saturated rings. The summed E-state index contributed by atoms with van der Waals surface area (Å²) < 4.78 is 5.43. The van der Waals surface area contributed by atoms with Crippen molar-refractivity contribution in [3.63, 3.8) is 0 Å². The first-order valence-corrected chi connectivity index (χ1v) is 7.71. The van der Waals surface area contributed by atoms with Crippen LogP contribution in [0, 0.1) is 0 Å². The molecule has 2 aromatic carbocycles. The van der Waals surface area contributed by atoms with Gasteiger partial charge in [-0.05, 0) is 48.4 Å². The Morgan fingerprint density at radius 2 is 1.90 bits per heavy atom. The monoisotopic (exact) mass is 323 g/mol. The Hall–Kier alpha value is -1.22. The number of rotatable bonds is 6. The summed E-state index contributed by atoms with van der Waals surface area (Å²) in [5.41, 5.74) is 2.15. The van der Waals surface area contributed by atoms with E-state index in [2.05, 4.69) is 18.3 Å². The molecule has 0 aliphatic heterocycles. The standard InChI is InChI=1S/C17H19Cl2NO/c1-3-20-16(14-11-13(18)8-9-15(14)19)10-12-6-4-5-7-17(12)21-2/h4-9,11,16,20H,3,10H2,1-2H3. The van der Waals surface area contributed by atoms with Crippen molar-refractivity contribution in [2.45, 2.75) is 19.4 Å². The Morgan fingerprint density at radius 1 is 1.14 bits per heavy atom. The van der Waals surface area contributed by atoms with Gasteiger partial charge in [0.05, 0.1) is 7.11 Å². The number of methoxy groups -OCH3 is 1. The third kappa shape index (κ3) is 4.13. The van der Waals surface area contributed by atoms with Crippen LogP contribution in [-0.4, -0.2) is 13.7 Å². The van der Waals surface area contributed by atoms with E-state index in [4.69, 9.17) is 27.9 Å². The van der Waals surface area contributed by atoms with Gasteiger partial charge in [0.2, 0.25) is 0 Å². The normalized spacial score (nSPS) is 12.2. The van der Waals surface area contributed by atoms with Crippen molar-refractivity contribution >= 4 is 23.2 Å². The summed E-state index contributed by atoms with van der Waals surface area (Å²) in [4.78, 5) is 0. The Morgan fingerprint density at radius 3 is 2.62 bits per heavy atom. The average molecular weight is 324 g/mol. The van der Waals surface area contributed by atoms with E-state index in [1.165, 1.54) is 0 Å². The molecule has 2 rings (SSSR count). The summed E-state index contributed by atoms with van der Waals surface area (Å²) in [6.45, 7) is 2.93. The number of ether oxygens (including phenoxy) is 1. The number of para-hydroxylation sites is 1. The van der Waals surface area contributed by atoms with Crippen molar-refractivity contribution in [3.8, 4) is 5.75 Å². The molecule has 4 heteroatoms. The van der Waals surface area contributed by atoms with Gasteiger partial charge in [0.15, 0.2) is 0 Å². The van der Waals surface area contributed by atoms with Crippen LogP contribution in [0.3, 0.4) is 0 Å². The zero-order chi connectivity index (χ0) is 15.2. The third-order valence-corrected chi connectivity index (χ3v) is 3.98. The lowest BCUT2D eigenvalue weighted by Gasteiger charge is -2.21. The van der Waals surface area contributed by atoms with Gasteiger partial charge in [-0.2, -0.15) is 0 Å². The molecule has 0 aliphatic rings. The van der Waals surface area contributed by atoms with Gasteiger partial charge >= 0.3 is 0 Å². The van der Waals surface area contributed by atoms with Crippen molar-refractivity contribution in [2.75, 3.05) is 13.7 Å². The van der Waals surface area contributed by atoms with Gasteiger partial charge in [-0.25, -0.2) is 0 Å². The number of hydrogen-bond acceptors (Lipinski definition) is 2. The van der Waals surface area contributed by atoms with Crippen molar-refractivity contribution in [1.29, 1.82) is 0 Å². The van der Waals surface area contributed by atoms with Crippen LogP contribution >= 0.6 is 23.2 Å². The predicted octanol–water partition coefficient (Wildman–Crippen LogP) is 4.90. The summed E-state index contributed by atoms with van der Waals surface area (Å²) in [5, 5.41) is 4.88. The van der Waals surface area contributed by atoms with Crippen molar-refractivity contribution in [1.82, 2.24) is 5.32 Å². The molecule has 21 heavy (non-hydrogen) atoms. The fourth-order valence-corrected chi connectivity index (χ4v) is 2.84. The number of hydrogen-bond donors (Lipinski definition) is 1. The molecule has 0 amide bonds. The van der Waals surface area contributed by atoms with Crippen molar-refractivity contribution in [3.05, 3.63) is 63.6 Å². The van der Waals surface area contributed by atoms with Crippen LogP contribution in [-0.2, 0) is 6.42 Å². The van der Waals surface area contributed by atoms with E-state index in [0.29, 0.717) is 5.02 Å². The molecule has 0 aromatic heterocycles. The average Bonchev–Trinajstić information content (AvgIpc) is 2.50. The molecule has 0 heterocycles. The van der Waals surface area contributed by atoms with Crippen molar-refractivity contribution in [2.24, 2.45) is 0 Å². The smallest absolute Gasteiger partial charge is 0.122 e. The topological polar surface area (TPSA) is 21.3 Å². The quantitative estimate of drug-likeness (QED) is 0.816. The third-order valence-electron chi connectivity index (χ3n) is 3.40.